The number of amides is 3. The van der Waals surface area contributed by atoms with Crippen molar-refractivity contribution in [3.8, 4) is 5.75 Å². The summed E-state index contributed by atoms with van der Waals surface area (Å²) >= 11 is 0. The third-order valence-corrected chi connectivity index (χ3v) is 7.88. The quantitative estimate of drug-likeness (QED) is 0.0772. The van der Waals surface area contributed by atoms with Gasteiger partial charge in [-0.05, 0) is 80.7 Å². The number of allylic oxidation sites excluding steroid dienone is 2. The van der Waals surface area contributed by atoms with Gasteiger partial charge in [0, 0.05) is 31.4 Å². The molecule has 2 atom stereocenters. The molecule has 11 heteroatoms. The summed E-state index contributed by atoms with van der Waals surface area (Å²) in [6, 6.07) is 14.3. The van der Waals surface area contributed by atoms with E-state index in [9.17, 15) is 19.2 Å². The average molecular weight is 619 g/mol. The number of hydrogen-bond acceptors (Lipinski definition) is 8. The zero-order valence-electron chi connectivity index (χ0n) is 25.5. The minimum absolute atomic E-state index is 0.0562. The Kier molecular flexibility index (Phi) is 13.1. The van der Waals surface area contributed by atoms with E-state index in [2.05, 4.69) is 10.5 Å². The molecule has 1 fully saturated rings. The lowest BCUT2D eigenvalue weighted by Crippen LogP contribution is -2.45. The summed E-state index contributed by atoms with van der Waals surface area (Å²) in [6.45, 7) is 0.868. The molecule has 1 saturated carbocycles. The number of carbonyl (C=O) groups is 4. The molecular weight excluding hydrogens is 576 g/mol. The van der Waals surface area contributed by atoms with Crippen molar-refractivity contribution >= 4 is 29.9 Å². The summed E-state index contributed by atoms with van der Waals surface area (Å²) in [4.78, 5) is 51.1. The van der Waals surface area contributed by atoms with E-state index in [1.54, 1.807) is 36.0 Å². The molecule has 0 radical (unpaired) electrons. The Bertz CT molecular complexity index is 1360. The molecule has 2 aliphatic rings. The molecule has 0 saturated heterocycles. The molecule has 1 aliphatic heterocycles. The monoisotopic (exact) mass is 618 g/mol. The van der Waals surface area contributed by atoms with Crippen LogP contribution in [-0.2, 0) is 25.7 Å². The second-order valence-electron chi connectivity index (χ2n) is 11.3. The van der Waals surface area contributed by atoms with Gasteiger partial charge in [0.15, 0.2) is 0 Å². The van der Waals surface area contributed by atoms with Gasteiger partial charge in [-0.2, -0.15) is 5.10 Å². The largest absolute Gasteiger partial charge is 0.494 e. The van der Waals surface area contributed by atoms with E-state index >= 15 is 0 Å². The molecule has 0 bridgehead atoms. The van der Waals surface area contributed by atoms with Crippen molar-refractivity contribution in [1.29, 1.82) is 0 Å². The second-order valence-corrected chi connectivity index (χ2v) is 11.3. The van der Waals surface area contributed by atoms with Gasteiger partial charge < -0.3 is 14.4 Å². The van der Waals surface area contributed by atoms with Crippen LogP contribution in [0.2, 0.25) is 0 Å². The van der Waals surface area contributed by atoms with Crippen LogP contribution in [-0.4, -0.2) is 58.8 Å². The van der Waals surface area contributed by atoms with Crippen LogP contribution in [0.4, 0.5) is 0 Å². The van der Waals surface area contributed by atoms with Crippen molar-refractivity contribution < 1.29 is 33.9 Å². The molecule has 2 aromatic carbocycles. The summed E-state index contributed by atoms with van der Waals surface area (Å²) in [5, 5.41) is 12.6. The van der Waals surface area contributed by atoms with Gasteiger partial charge in [0.25, 0.3) is 5.91 Å². The van der Waals surface area contributed by atoms with E-state index in [0.717, 1.165) is 43.2 Å². The number of esters is 1. The number of benzene rings is 2. The molecule has 0 aromatic heterocycles. The Balaban J connectivity index is 1.28. The number of hydrogen-bond donors (Lipinski definition) is 3. The number of fused-ring (bicyclic) bond motifs is 1. The SMILES string of the molecule is O=C(CCCCCOc1cccc(C(=O)N/N=C/c2ccc(CN3C(=O)CC/C=C/CCC(=O)O[C@H]4CCC[C@@H]43)cc2)c1)NO. The van der Waals surface area contributed by atoms with Gasteiger partial charge in [0.05, 0.1) is 18.9 Å². The van der Waals surface area contributed by atoms with Gasteiger partial charge in [0.1, 0.15) is 11.9 Å². The smallest absolute Gasteiger partial charge is 0.306 e. The predicted octanol–water partition coefficient (Wildman–Crippen LogP) is 4.82. The fourth-order valence-electron chi connectivity index (χ4n) is 5.48. The van der Waals surface area contributed by atoms with E-state index in [1.807, 2.05) is 41.3 Å². The number of unbranched alkanes of at least 4 members (excludes halogenated alkanes) is 2. The summed E-state index contributed by atoms with van der Waals surface area (Å²) in [5.74, 6) is -0.376. The Morgan fingerprint density at radius 3 is 2.62 bits per heavy atom. The second kappa shape index (κ2) is 17.7. The highest BCUT2D eigenvalue weighted by Gasteiger charge is 2.37. The molecule has 1 aliphatic carbocycles. The normalized spacial score (nSPS) is 19.6. The molecule has 3 N–H and O–H groups in total. The predicted molar refractivity (Wildman–Crippen MR) is 168 cm³/mol. The average Bonchev–Trinajstić information content (AvgIpc) is 3.50. The number of hydroxylamine groups is 1. The van der Waals surface area contributed by atoms with Gasteiger partial charge in [0.2, 0.25) is 11.8 Å². The van der Waals surface area contributed by atoms with Crippen LogP contribution in [0, 0.1) is 0 Å². The lowest BCUT2D eigenvalue weighted by molar-refractivity contribution is -0.154. The zero-order valence-corrected chi connectivity index (χ0v) is 25.5. The van der Waals surface area contributed by atoms with Crippen LogP contribution in [0.25, 0.3) is 0 Å². The maximum atomic E-state index is 13.3. The third-order valence-electron chi connectivity index (χ3n) is 7.88. The van der Waals surface area contributed by atoms with Crippen LogP contribution in [0.3, 0.4) is 0 Å². The van der Waals surface area contributed by atoms with Gasteiger partial charge in [-0.25, -0.2) is 10.9 Å². The third kappa shape index (κ3) is 10.9. The van der Waals surface area contributed by atoms with Crippen LogP contribution >= 0.6 is 0 Å². The summed E-state index contributed by atoms with van der Waals surface area (Å²) in [6.07, 6.45) is 12.2. The number of nitrogens with zero attached hydrogens (tertiary/aromatic N) is 2. The lowest BCUT2D eigenvalue weighted by atomic mass is 10.1. The fraction of sp³-hybridized carbons (Fsp3) is 0.441. The highest BCUT2D eigenvalue weighted by molar-refractivity contribution is 5.95. The van der Waals surface area contributed by atoms with Crippen LogP contribution in [0.1, 0.15) is 92.1 Å². The molecule has 240 valence electrons. The first-order chi connectivity index (χ1) is 21.9. The van der Waals surface area contributed by atoms with Crippen molar-refractivity contribution in [2.45, 2.75) is 89.3 Å². The highest BCUT2D eigenvalue weighted by atomic mass is 16.5. The topological polar surface area (TPSA) is 147 Å². The summed E-state index contributed by atoms with van der Waals surface area (Å²) in [7, 11) is 0. The summed E-state index contributed by atoms with van der Waals surface area (Å²) < 4.78 is 11.5. The van der Waals surface area contributed by atoms with Crippen molar-refractivity contribution in [3.63, 3.8) is 0 Å². The zero-order chi connectivity index (χ0) is 31.9. The number of ether oxygens (including phenoxy) is 2. The molecule has 1 heterocycles. The minimum Gasteiger partial charge on any atom is -0.494 e. The van der Waals surface area contributed by atoms with E-state index < -0.39 is 5.91 Å². The van der Waals surface area contributed by atoms with Crippen LogP contribution in [0.5, 0.6) is 5.75 Å². The standard InChI is InChI=1S/C34H42N4O7/c39-31(37-43)14-4-3-7-21-44-28-11-8-10-27(22-28)34(42)36-35-23-25-17-19-26(20-18-25)24-38-29-12-9-13-30(29)45-33(41)16-6-2-1-5-15-32(38)40/h1-2,8,10-11,17-20,22-23,29-30,43H,3-7,9,12-16,21,24H2,(H,36,42)(H,37,39)/b2-1+,35-23+/t29-,30-/m0/s1. The Labute approximate surface area is 263 Å². The molecule has 0 unspecified atom stereocenters. The fourth-order valence-corrected chi connectivity index (χ4v) is 5.48. The van der Waals surface area contributed by atoms with Gasteiger partial charge >= 0.3 is 5.97 Å². The first-order valence-electron chi connectivity index (χ1n) is 15.6. The maximum Gasteiger partial charge on any atom is 0.306 e. The highest BCUT2D eigenvalue weighted by Crippen LogP contribution is 2.30. The molecule has 2 aromatic rings. The lowest BCUT2D eigenvalue weighted by Gasteiger charge is -2.33. The van der Waals surface area contributed by atoms with Gasteiger partial charge in [-0.3, -0.25) is 24.4 Å². The van der Waals surface area contributed by atoms with Crippen molar-refractivity contribution in [3.05, 3.63) is 77.4 Å². The van der Waals surface area contributed by atoms with Crippen molar-refractivity contribution in [2.24, 2.45) is 5.10 Å². The maximum absolute atomic E-state index is 13.3. The molecule has 4 rings (SSSR count). The Morgan fingerprint density at radius 2 is 1.82 bits per heavy atom. The molecule has 0 spiro atoms. The van der Waals surface area contributed by atoms with E-state index in [1.165, 1.54) is 0 Å². The molecule has 11 nitrogen and oxygen atoms in total. The summed E-state index contributed by atoms with van der Waals surface area (Å²) in [5.41, 5.74) is 6.30. The number of rotatable bonds is 12. The minimum atomic E-state index is -0.405. The van der Waals surface area contributed by atoms with Crippen molar-refractivity contribution in [1.82, 2.24) is 15.8 Å². The molecule has 3 amide bonds. The van der Waals surface area contributed by atoms with E-state index in [4.69, 9.17) is 14.7 Å². The van der Waals surface area contributed by atoms with Crippen LogP contribution in [0.15, 0.2) is 65.8 Å². The van der Waals surface area contributed by atoms with E-state index in [-0.39, 0.29) is 36.4 Å². The first-order valence-corrected chi connectivity index (χ1v) is 15.6. The number of hydrazone groups is 1. The Hall–Kier alpha value is -4.51. The number of nitrogens with one attached hydrogen (secondary N) is 2. The van der Waals surface area contributed by atoms with Crippen molar-refractivity contribution in [2.75, 3.05) is 6.61 Å². The number of carbonyl (C=O) groups excluding carboxylic acids is 4. The molecular formula is C34H42N4O7. The van der Waals surface area contributed by atoms with Crippen LogP contribution < -0.4 is 15.6 Å². The Morgan fingerprint density at radius 1 is 1.02 bits per heavy atom. The molecule has 45 heavy (non-hydrogen) atoms. The van der Waals surface area contributed by atoms with Gasteiger partial charge in [-0.15, -0.1) is 0 Å². The van der Waals surface area contributed by atoms with Gasteiger partial charge in [-0.1, -0.05) is 42.5 Å². The van der Waals surface area contributed by atoms with E-state index in [0.29, 0.717) is 56.6 Å². The first kappa shape index (κ1) is 33.4.